The highest BCUT2D eigenvalue weighted by Crippen LogP contribution is 2.36. The molecule has 9 heteroatoms. The Kier molecular flexibility index (Phi) is 18.9. The first-order valence-corrected chi connectivity index (χ1v) is 13.3. The molecular formula is C23H36Br2N4O2S. The predicted octanol–water partition coefficient (Wildman–Crippen LogP) is 7.25. The van der Waals surface area contributed by atoms with E-state index in [1.165, 1.54) is 17.8 Å². The van der Waals surface area contributed by atoms with Crippen LogP contribution in [0.3, 0.4) is 0 Å². The number of anilines is 3. The fourth-order valence-corrected chi connectivity index (χ4v) is 3.40. The van der Waals surface area contributed by atoms with Gasteiger partial charge < -0.3 is 21.1 Å². The van der Waals surface area contributed by atoms with Gasteiger partial charge >= 0.3 is 0 Å². The Hall–Kier alpha value is -1.84. The normalized spacial score (nSPS) is 8.81. The number of nitrogens with two attached hydrogens (primary N) is 2. The van der Waals surface area contributed by atoms with Crippen molar-refractivity contribution >= 4 is 76.8 Å². The molecule has 0 saturated carbocycles. The summed E-state index contributed by atoms with van der Waals surface area (Å²) < 4.78 is 5.83. The minimum absolute atomic E-state index is 0.529. The summed E-state index contributed by atoms with van der Waals surface area (Å²) in [5.74, 6) is 2.62. The number of pyridine rings is 1. The number of aldehydes is 1. The summed E-state index contributed by atoms with van der Waals surface area (Å²) in [6, 6.07) is 7.33. The highest BCUT2D eigenvalue weighted by molar-refractivity contribution is 9.10. The number of carbonyl (C=O) groups excluding carboxylic acids is 1. The molecule has 2 aromatic heterocycles. The summed E-state index contributed by atoms with van der Waals surface area (Å²) in [5.41, 5.74) is 13.7. The smallest absolute Gasteiger partial charge is 0.162 e. The Morgan fingerprint density at radius 1 is 1.16 bits per heavy atom. The van der Waals surface area contributed by atoms with Crippen LogP contribution in [-0.2, 0) is 0 Å². The second-order valence-electron chi connectivity index (χ2n) is 6.00. The lowest BCUT2D eigenvalue weighted by Gasteiger charge is -2.13. The number of aromatic nitrogens is 1. The van der Waals surface area contributed by atoms with Crippen LogP contribution in [0.15, 0.2) is 34.9 Å². The van der Waals surface area contributed by atoms with Crippen molar-refractivity contribution in [1.82, 2.24) is 4.98 Å². The number of thiophene rings is 1. The fraction of sp³-hybridized carbons (Fsp3) is 0.391. The van der Waals surface area contributed by atoms with Gasteiger partial charge in [0.15, 0.2) is 6.29 Å². The van der Waals surface area contributed by atoms with E-state index in [-0.39, 0.29) is 0 Å². The van der Waals surface area contributed by atoms with Gasteiger partial charge in [0, 0.05) is 30.5 Å². The van der Waals surface area contributed by atoms with Crippen LogP contribution >= 0.6 is 43.2 Å². The molecule has 180 valence electrons. The Balaban J connectivity index is 0. The number of hydrogen-bond acceptors (Lipinski definition) is 7. The molecule has 32 heavy (non-hydrogen) atoms. The largest absolute Gasteiger partial charge is 0.497 e. The molecule has 0 saturated heterocycles. The van der Waals surface area contributed by atoms with E-state index in [0.29, 0.717) is 10.6 Å². The molecule has 0 aliphatic rings. The van der Waals surface area contributed by atoms with Crippen LogP contribution in [0.5, 0.6) is 5.75 Å². The maximum absolute atomic E-state index is 10.8. The van der Waals surface area contributed by atoms with Crippen LogP contribution in [0.2, 0.25) is 0 Å². The van der Waals surface area contributed by atoms with E-state index in [4.69, 9.17) is 16.2 Å². The molecule has 3 aromatic rings. The van der Waals surface area contributed by atoms with Gasteiger partial charge in [-0.25, -0.2) is 4.98 Å². The minimum Gasteiger partial charge on any atom is -0.497 e. The lowest BCUT2D eigenvalue weighted by Crippen LogP contribution is -2.09. The molecule has 1 aromatic carbocycles. The number of benzene rings is 1. The van der Waals surface area contributed by atoms with Gasteiger partial charge in [-0.15, -0.1) is 11.3 Å². The van der Waals surface area contributed by atoms with Gasteiger partial charge in [0.25, 0.3) is 0 Å². The molecule has 0 radical (unpaired) electrons. The van der Waals surface area contributed by atoms with Gasteiger partial charge in [-0.05, 0) is 46.0 Å². The lowest BCUT2D eigenvalue weighted by molar-refractivity contribution is 0.112. The summed E-state index contributed by atoms with van der Waals surface area (Å²) >= 11 is 7.54. The van der Waals surface area contributed by atoms with Gasteiger partial charge in [-0.1, -0.05) is 50.0 Å². The minimum atomic E-state index is 0.529. The number of nitrogens with zero attached hydrogens (tertiary/aromatic N) is 2. The SMILES string of the molecule is CBr.CC.CCC.CN(C)c1ccnc2sc(C=O)c(N)c12.COc1ccc(N)c(Br)c1. The van der Waals surface area contributed by atoms with Crippen LogP contribution in [0.4, 0.5) is 17.1 Å². The lowest BCUT2D eigenvalue weighted by atomic mass is 10.2. The number of halogens is 2. The maximum atomic E-state index is 10.8. The highest BCUT2D eigenvalue weighted by Gasteiger charge is 2.14. The third-order valence-electron chi connectivity index (χ3n) is 3.43. The fourth-order valence-electron chi connectivity index (χ4n) is 2.14. The van der Waals surface area contributed by atoms with E-state index in [0.717, 1.165) is 38.1 Å². The number of hydrogen-bond donors (Lipinski definition) is 2. The van der Waals surface area contributed by atoms with Gasteiger partial charge in [-0.2, -0.15) is 0 Å². The first kappa shape index (κ1) is 32.3. The van der Waals surface area contributed by atoms with Crippen LogP contribution in [0.25, 0.3) is 10.2 Å². The summed E-state index contributed by atoms with van der Waals surface area (Å²) in [6.45, 7) is 8.25. The molecule has 0 atom stereocenters. The second-order valence-corrected chi connectivity index (χ2v) is 7.88. The van der Waals surface area contributed by atoms with Crippen molar-refractivity contribution in [2.24, 2.45) is 0 Å². The molecule has 4 N–H and O–H groups in total. The van der Waals surface area contributed by atoms with Crippen LogP contribution in [0, 0.1) is 0 Å². The Morgan fingerprint density at radius 2 is 1.72 bits per heavy atom. The standard InChI is InChI=1S/C10H11N3OS.C7H8BrNO.C3H8.C2H6.CH3Br/c1-13(2)6-3-4-12-10-8(6)9(11)7(5-14)15-10;1-10-5-2-3-7(9)6(8)4-5;1-3-2;2*1-2/h3-5H,11H2,1-2H3;2-4H,9H2,1H3;3H2,1-2H3;1-2H3;1H3. The Bertz CT molecular complexity index is 918. The number of fused-ring (bicyclic) bond motifs is 1. The van der Waals surface area contributed by atoms with Crippen LogP contribution in [-0.4, -0.2) is 38.3 Å². The van der Waals surface area contributed by atoms with Crippen LogP contribution < -0.4 is 21.1 Å². The molecule has 0 unspecified atom stereocenters. The number of methoxy groups -OCH3 is 1. The molecule has 0 spiro atoms. The van der Waals surface area contributed by atoms with E-state index in [2.05, 4.69) is 50.7 Å². The zero-order valence-electron chi connectivity index (χ0n) is 20.2. The molecular weight excluding hydrogens is 556 g/mol. The van der Waals surface area contributed by atoms with Gasteiger partial charge in [0.1, 0.15) is 10.6 Å². The predicted molar refractivity (Wildman–Crippen MR) is 151 cm³/mol. The van der Waals surface area contributed by atoms with Crippen molar-refractivity contribution in [2.75, 3.05) is 43.4 Å². The average Bonchev–Trinajstić information content (AvgIpc) is 3.15. The molecule has 0 aliphatic heterocycles. The molecule has 3 rings (SSSR count). The number of nitrogen functional groups attached to an aromatic ring is 2. The van der Waals surface area contributed by atoms with Crippen molar-refractivity contribution in [2.45, 2.75) is 34.1 Å². The van der Waals surface area contributed by atoms with E-state index < -0.39 is 0 Å². The third kappa shape index (κ3) is 10.2. The van der Waals surface area contributed by atoms with Crippen molar-refractivity contribution in [3.8, 4) is 5.75 Å². The van der Waals surface area contributed by atoms with Crippen LogP contribution in [0.1, 0.15) is 43.8 Å². The quantitative estimate of drug-likeness (QED) is 0.189. The van der Waals surface area contributed by atoms with Crippen molar-refractivity contribution in [3.63, 3.8) is 0 Å². The van der Waals surface area contributed by atoms with Crippen molar-refractivity contribution in [1.29, 1.82) is 0 Å². The number of carbonyl (C=O) groups is 1. The summed E-state index contributed by atoms with van der Waals surface area (Å²) in [5, 5.41) is 0.870. The maximum Gasteiger partial charge on any atom is 0.162 e. The Morgan fingerprint density at radius 3 is 2.16 bits per heavy atom. The summed E-state index contributed by atoms with van der Waals surface area (Å²) in [4.78, 5) is 18.3. The van der Waals surface area contributed by atoms with Gasteiger partial charge in [0.2, 0.25) is 0 Å². The van der Waals surface area contributed by atoms with E-state index in [9.17, 15) is 4.79 Å². The first-order valence-electron chi connectivity index (χ1n) is 10.1. The zero-order valence-corrected chi connectivity index (χ0v) is 24.2. The van der Waals surface area contributed by atoms with Crippen molar-refractivity contribution < 1.29 is 9.53 Å². The average molecular weight is 592 g/mol. The van der Waals surface area contributed by atoms with E-state index in [1.807, 2.05) is 56.9 Å². The monoisotopic (exact) mass is 590 g/mol. The molecule has 2 heterocycles. The number of ether oxygens (including phenoxy) is 1. The molecule has 6 nitrogen and oxygen atoms in total. The molecule has 0 aliphatic carbocycles. The third-order valence-corrected chi connectivity index (χ3v) is 5.16. The number of alkyl halides is 1. The number of rotatable bonds is 3. The Labute approximate surface area is 213 Å². The van der Waals surface area contributed by atoms with Gasteiger partial charge in [-0.3, -0.25) is 4.79 Å². The molecule has 0 bridgehead atoms. The molecule has 0 fully saturated rings. The van der Waals surface area contributed by atoms with Crippen molar-refractivity contribution in [3.05, 3.63) is 39.8 Å². The summed E-state index contributed by atoms with van der Waals surface area (Å²) in [7, 11) is 5.50. The molecule has 0 amide bonds. The zero-order chi connectivity index (χ0) is 25.3. The van der Waals surface area contributed by atoms with Gasteiger partial charge in [0.05, 0.1) is 28.7 Å². The first-order chi connectivity index (χ1) is 15.3. The second kappa shape index (κ2) is 18.7. The summed E-state index contributed by atoms with van der Waals surface area (Å²) in [6.07, 6.45) is 3.75. The van der Waals surface area contributed by atoms with E-state index in [1.54, 1.807) is 19.4 Å². The topological polar surface area (TPSA) is 94.5 Å². The van der Waals surface area contributed by atoms with E-state index >= 15 is 0 Å². The highest BCUT2D eigenvalue weighted by atomic mass is 79.9.